The third-order valence-corrected chi connectivity index (χ3v) is 7.84. The summed E-state index contributed by atoms with van der Waals surface area (Å²) < 4.78 is 2.17. The number of nitrogens with zero attached hydrogens (tertiary/aromatic N) is 3. The van der Waals surface area contributed by atoms with Gasteiger partial charge >= 0.3 is 0 Å². The summed E-state index contributed by atoms with van der Waals surface area (Å²) in [6, 6.07) is 15.9. The quantitative estimate of drug-likeness (QED) is 0.360. The van der Waals surface area contributed by atoms with Gasteiger partial charge in [0.15, 0.2) is 0 Å². The molecular formula is C27H32ClN3O2S. The van der Waals surface area contributed by atoms with E-state index < -0.39 is 0 Å². The largest absolute Gasteiger partial charge is 0.345 e. The van der Waals surface area contributed by atoms with Crippen LogP contribution in [0.2, 0.25) is 5.02 Å². The first-order valence-corrected chi connectivity index (χ1v) is 13.3. The van der Waals surface area contributed by atoms with Gasteiger partial charge in [0.1, 0.15) is 6.54 Å². The second kappa shape index (κ2) is 11.7. The Morgan fingerprint density at radius 1 is 1.06 bits per heavy atom. The number of aromatic nitrogens is 1. The monoisotopic (exact) mass is 497 g/mol. The van der Waals surface area contributed by atoms with Gasteiger partial charge in [0, 0.05) is 36.0 Å². The van der Waals surface area contributed by atoms with Crippen LogP contribution in [-0.4, -0.2) is 45.3 Å². The topological polar surface area (TPSA) is 45.6 Å². The van der Waals surface area contributed by atoms with Crippen molar-refractivity contribution in [1.82, 2.24) is 14.4 Å². The van der Waals surface area contributed by atoms with E-state index in [1.807, 2.05) is 65.9 Å². The van der Waals surface area contributed by atoms with Crippen molar-refractivity contribution in [2.24, 2.45) is 0 Å². The molecule has 3 aromatic rings. The number of carbonyl (C=O) groups is 2. The zero-order chi connectivity index (χ0) is 23.9. The standard InChI is InChI=1S/C27H32ClN3O2S/c1-2-29(27(33)25-15-9-17-34-25)20-26(32)31(22-11-4-3-5-12-22)19-23-13-8-16-30(23)18-21-10-6-7-14-24(21)28/h6-10,13-17,22H,2-5,11-12,18-20H2,1H3. The average Bonchev–Trinajstić information content (AvgIpc) is 3.55. The first kappa shape index (κ1) is 24.6. The molecular weight excluding hydrogens is 466 g/mol. The van der Waals surface area contributed by atoms with Crippen LogP contribution < -0.4 is 0 Å². The summed E-state index contributed by atoms with van der Waals surface area (Å²) >= 11 is 7.82. The number of likely N-dealkylation sites (N-methyl/N-ethyl adjacent to an activating group) is 1. The van der Waals surface area contributed by atoms with Gasteiger partial charge in [-0.05, 0) is 55.0 Å². The minimum atomic E-state index is -0.0726. The smallest absolute Gasteiger partial charge is 0.264 e. The van der Waals surface area contributed by atoms with Crippen molar-refractivity contribution in [2.45, 2.75) is 58.2 Å². The van der Waals surface area contributed by atoms with Gasteiger partial charge in [-0.3, -0.25) is 9.59 Å². The van der Waals surface area contributed by atoms with E-state index in [-0.39, 0.29) is 24.4 Å². The number of thiophene rings is 1. The molecule has 2 heterocycles. The van der Waals surface area contributed by atoms with Gasteiger partial charge in [-0.25, -0.2) is 0 Å². The van der Waals surface area contributed by atoms with E-state index >= 15 is 0 Å². The Kier molecular flexibility index (Phi) is 8.46. The number of carbonyl (C=O) groups excluding carboxylic acids is 2. The molecule has 0 bridgehead atoms. The summed E-state index contributed by atoms with van der Waals surface area (Å²) in [5.41, 5.74) is 2.13. The molecule has 180 valence electrons. The molecule has 1 saturated carbocycles. The molecule has 5 nitrogen and oxygen atoms in total. The van der Waals surface area contributed by atoms with Crippen LogP contribution >= 0.6 is 22.9 Å². The highest BCUT2D eigenvalue weighted by Crippen LogP contribution is 2.26. The lowest BCUT2D eigenvalue weighted by Gasteiger charge is -2.36. The zero-order valence-corrected chi connectivity index (χ0v) is 21.2. The highest BCUT2D eigenvalue weighted by molar-refractivity contribution is 7.12. The Morgan fingerprint density at radius 2 is 1.85 bits per heavy atom. The van der Waals surface area contributed by atoms with Crippen LogP contribution in [0.3, 0.4) is 0 Å². The van der Waals surface area contributed by atoms with E-state index in [0.717, 1.165) is 42.0 Å². The minimum Gasteiger partial charge on any atom is -0.345 e. The lowest BCUT2D eigenvalue weighted by molar-refractivity contribution is -0.135. The summed E-state index contributed by atoms with van der Waals surface area (Å²) in [5.74, 6) is -0.0549. The molecule has 1 aromatic carbocycles. The van der Waals surface area contributed by atoms with Gasteiger partial charge < -0.3 is 14.4 Å². The first-order valence-electron chi connectivity index (χ1n) is 12.1. The average molecular weight is 498 g/mol. The van der Waals surface area contributed by atoms with Crippen molar-refractivity contribution in [3.05, 3.63) is 81.3 Å². The molecule has 0 saturated heterocycles. The molecule has 0 unspecified atom stereocenters. The van der Waals surface area contributed by atoms with Crippen LogP contribution in [0.1, 0.15) is 60.0 Å². The predicted octanol–water partition coefficient (Wildman–Crippen LogP) is 6.07. The fourth-order valence-electron chi connectivity index (χ4n) is 4.68. The van der Waals surface area contributed by atoms with E-state index in [1.54, 1.807) is 4.90 Å². The van der Waals surface area contributed by atoms with Crippen molar-refractivity contribution in [2.75, 3.05) is 13.1 Å². The number of hydrogen-bond donors (Lipinski definition) is 0. The van der Waals surface area contributed by atoms with E-state index in [2.05, 4.69) is 10.6 Å². The number of amides is 2. The van der Waals surface area contributed by atoms with Gasteiger partial charge in [-0.15, -0.1) is 11.3 Å². The van der Waals surface area contributed by atoms with Gasteiger partial charge in [-0.2, -0.15) is 0 Å². The van der Waals surface area contributed by atoms with Crippen molar-refractivity contribution in [3.63, 3.8) is 0 Å². The van der Waals surface area contributed by atoms with E-state index in [4.69, 9.17) is 11.6 Å². The lowest BCUT2D eigenvalue weighted by Crippen LogP contribution is -2.47. The maximum absolute atomic E-state index is 13.6. The molecule has 0 N–H and O–H groups in total. The summed E-state index contributed by atoms with van der Waals surface area (Å²) in [7, 11) is 0. The third kappa shape index (κ3) is 5.91. The predicted molar refractivity (Wildman–Crippen MR) is 138 cm³/mol. The van der Waals surface area contributed by atoms with Crippen LogP contribution in [0.25, 0.3) is 0 Å². The number of halogens is 1. The molecule has 7 heteroatoms. The van der Waals surface area contributed by atoms with E-state index in [1.165, 1.54) is 17.8 Å². The van der Waals surface area contributed by atoms with Crippen molar-refractivity contribution in [3.8, 4) is 0 Å². The Labute approximate surface area is 210 Å². The number of hydrogen-bond acceptors (Lipinski definition) is 3. The Bertz CT molecular complexity index is 1090. The van der Waals surface area contributed by atoms with Crippen LogP contribution in [-0.2, 0) is 17.9 Å². The molecule has 2 amide bonds. The third-order valence-electron chi connectivity index (χ3n) is 6.62. The lowest BCUT2D eigenvalue weighted by atomic mass is 9.94. The van der Waals surface area contributed by atoms with Crippen LogP contribution in [0.5, 0.6) is 0 Å². The van der Waals surface area contributed by atoms with Gasteiger partial charge in [0.05, 0.1) is 11.4 Å². The van der Waals surface area contributed by atoms with E-state index in [0.29, 0.717) is 24.5 Å². The minimum absolute atomic E-state index is 0.0177. The van der Waals surface area contributed by atoms with Gasteiger partial charge in [-0.1, -0.05) is 55.1 Å². The molecule has 4 rings (SSSR count). The summed E-state index contributed by atoms with van der Waals surface area (Å²) in [5, 5.41) is 2.64. The van der Waals surface area contributed by atoms with Gasteiger partial charge in [0.25, 0.3) is 5.91 Å². The van der Waals surface area contributed by atoms with Crippen LogP contribution in [0.4, 0.5) is 0 Å². The Morgan fingerprint density at radius 3 is 2.56 bits per heavy atom. The zero-order valence-electron chi connectivity index (χ0n) is 19.7. The molecule has 1 aliphatic carbocycles. The van der Waals surface area contributed by atoms with Gasteiger partial charge in [0.2, 0.25) is 5.91 Å². The summed E-state index contributed by atoms with van der Waals surface area (Å²) in [4.78, 5) is 30.9. The molecule has 2 aromatic heterocycles. The SMILES string of the molecule is CCN(CC(=O)N(Cc1cccn1Cc1ccccc1Cl)C1CCCCC1)C(=O)c1cccs1. The molecule has 34 heavy (non-hydrogen) atoms. The molecule has 1 fully saturated rings. The first-order chi connectivity index (χ1) is 16.6. The second-order valence-corrected chi connectivity index (χ2v) is 10.2. The molecule has 0 atom stereocenters. The molecule has 0 aliphatic heterocycles. The number of rotatable bonds is 9. The molecule has 1 aliphatic rings. The van der Waals surface area contributed by atoms with Crippen molar-refractivity contribution in [1.29, 1.82) is 0 Å². The maximum Gasteiger partial charge on any atom is 0.264 e. The highest BCUT2D eigenvalue weighted by Gasteiger charge is 2.29. The molecule has 0 spiro atoms. The van der Waals surface area contributed by atoms with Crippen molar-refractivity contribution >= 4 is 34.8 Å². The maximum atomic E-state index is 13.6. The number of benzene rings is 1. The Balaban J connectivity index is 1.53. The second-order valence-electron chi connectivity index (χ2n) is 8.83. The Hall–Kier alpha value is -2.57. The van der Waals surface area contributed by atoms with Crippen molar-refractivity contribution < 1.29 is 9.59 Å². The normalized spacial score (nSPS) is 14.2. The summed E-state index contributed by atoms with van der Waals surface area (Å²) in [6.07, 6.45) is 7.57. The van der Waals surface area contributed by atoms with Crippen LogP contribution in [0.15, 0.2) is 60.1 Å². The van der Waals surface area contributed by atoms with Crippen LogP contribution in [0, 0.1) is 0 Å². The van der Waals surface area contributed by atoms with E-state index in [9.17, 15) is 9.59 Å². The fraction of sp³-hybridized carbons (Fsp3) is 0.407. The highest BCUT2D eigenvalue weighted by atomic mass is 35.5. The molecule has 0 radical (unpaired) electrons. The fourth-order valence-corrected chi connectivity index (χ4v) is 5.57. The summed E-state index contributed by atoms with van der Waals surface area (Å²) in [6.45, 7) is 3.73.